The molecule has 0 spiro atoms. The van der Waals surface area contributed by atoms with Crippen molar-refractivity contribution in [3.8, 4) is 0 Å². The van der Waals surface area contributed by atoms with Gasteiger partial charge in [-0.2, -0.15) is 16.7 Å². The summed E-state index contributed by atoms with van der Waals surface area (Å²) < 4.78 is 24.4. The molecule has 0 bridgehead atoms. The number of sulfone groups is 1. The van der Waals surface area contributed by atoms with Gasteiger partial charge in [0.25, 0.3) is 0 Å². The summed E-state index contributed by atoms with van der Waals surface area (Å²) in [4.78, 5) is 19.4. The average Bonchev–Trinajstić information content (AvgIpc) is 2.46. The SMILES string of the molecule is CCS(=O)(=O)C1CSCCN1c1nc(N)ncc1[N+](=O)[O-]. The smallest absolute Gasteiger partial charge is 0.329 e. The van der Waals surface area contributed by atoms with Gasteiger partial charge < -0.3 is 10.6 Å². The third-order valence-electron chi connectivity index (χ3n) is 3.14. The molecular weight excluding hydrogens is 318 g/mol. The maximum atomic E-state index is 12.2. The molecule has 116 valence electrons. The van der Waals surface area contributed by atoms with Crippen molar-refractivity contribution >= 4 is 39.1 Å². The van der Waals surface area contributed by atoms with Gasteiger partial charge in [-0.25, -0.2) is 13.4 Å². The number of nitrogens with two attached hydrogens (primary N) is 1. The lowest BCUT2D eigenvalue weighted by molar-refractivity contribution is -0.384. The number of aromatic nitrogens is 2. The van der Waals surface area contributed by atoms with Crippen LogP contribution in [0.4, 0.5) is 17.5 Å². The van der Waals surface area contributed by atoms with E-state index in [1.54, 1.807) is 6.92 Å². The van der Waals surface area contributed by atoms with Gasteiger partial charge in [-0.1, -0.05) is 6.92 Å². The normalized spacial score (nSPS) is 19.5. The van der Waals surface area contributed by atoms with Crippen LogP contribution < -0.4 is 10.6 Å². The van der Waals surface area contributed by atoms with Gasteiger partial charge >= 0.3 is 5.69 Å². The zero-order chi connectivity index (χ0) is 15.6. The van der Waals surface area contributed by atoms with Gasteiger partial charge in [-0.05, 0) is 0 Å². The summed E-state index contributed by atoms with van der Waals surface area (Å²) in [5.74, 6) is 0.813. The molecule has 2 N–H and O–H groups in total. The highest BCUT2D eigenvalue weighted by Gasteiger charge is 2.37. The van der Waals surface area contributed by atoms with Crippen molar-refractivity contribution in [1.29, 1.82) is 0 Å². The molecule has 1 fully saturated rings. The molecular formula is C10H15N5O4S2. The van der Waals surface area contributed by atoms with Gasteiger partial charge in [-0.15, -0.1) is 0 Å². The zero-order valence-electron chi connectivity index (χ0n) is 11.3. The summed E-state index contributed by atoms with van der Waals surface area (Å²) in [6.45, 7) is 1.90. The van der Waals surface area contributed by atoms with Crippen molar-refractivity contribution in [3.05, 3.63) is 16.3 Å². The predicted molar refractivity (Wildman–Crippen MR) is 81.0 cm³/mol. The minimum atomic E-state index is -3.39. The number of nitrogens with zero attached hydrogens (tertiary/aromatic N) is 4. The molecule has 1 atom stereocenters. The molecule has 0 aliphatic carbocycles. The lowest BCUT2D eigenvalue weighted by atomic mass is 10.4. The van der Waals surface area contributed by atoms with Crippen molar-refractivity contribution in [2.75, 3.05) is 34.4 Å². The summed E-state index contributed by atoms with van der Waals surface area (Å²) in [7, 11) is -3.39. The van der Waals surface area contributed by atoms with Crippen molar-refractivity contribution in [2.24, 2.45) is 0 Å². The summed E-state index contributed by atoms with van der Waals surface area (Å²) in [6, 6.07) is 0. The fourth-order valence-corrected chi connectivity index (χ4v) is 5.00. The number of nitro groups is 1. The first-order valence-electron chi connectivity index (χ1n) is 6.19. The quantitative estimate of drug-likeness (QED) is 0.609. The molecule has 1 aliphatic heterocycles. The van der Waals surface area contributed by atoms with Crippen LogP contribution in [0.2, 0.25) is 0 Å². The first-order valence-corrected chi connectivity index (χ1v) is 9.06. The number of nitrogen functional groups attached to an aromatic ring is 1. The van der Waals surface area contributed by atoms with Crippen LogP contribution in [-0.4, -0.2) is 52.5 Å². The molecule has 1 unspecified atom stereocenters. The van der Waals surface area contributed by atoms with E-state index >= 15 is 0 Å². The van der Waals surface area contributed by atoms with Crippen LogP contribution in [-0.2, 0) is 9.84 Å². The molecule has 1 aromatic rings. The fourth-order valence-electron chi connectivity index (χ4n) is 2.03. The Hall–Kier alpha value is -1.62. The number of rotatable bonds is 4. The molecule has 11 heteroatoms. The van der Waals surface area contributed by atoms with Gasteiger partial charge in [0.05, 0.1) is 4.92 Å². The summed E-state index contributed by atoms with van der Waals surface area (Å²) in [5.41, 5.74) is 5.15. The van der Waals surface area contributed by atoms with Gasteiger partial charge in [0.2, 0.25) is 11.8 Å². The topological polar surface area (TPSA) is 132 Å². The van der Waals surface area contributed by atoms with Crippen LogP contribution in [0.5, 0.6) is 0 Å². The molecule has 0 radical (unpaired) electrons. The largest absolute Gasteiger partial charge is 0.368 e. The Morgan fingerprint density at radius 3 is 2.95 bits per heavy atom. The van der Waals surface area contributed by atoms with Crippen LogP contribution in [0.3, 0.4) is 0 Å². The number of hydrogen-bond acceptors (Lipinski definition) is 9. The van der Waals surface area contributed by atoms with Crippen LogP contribution in [0.15, 0.2) is 6.20 Å². The van der Waals surface area contributed by atoms with E-state index in [0.717, 1.165) is 6.20 Å². The Kier molecular flexibility index (Phi) is 4.52. The summed E-state index contributed by atoms with van der Waals surface area (Å²) in [5, 5.41) is 10.3. The molecule has 0 aromatic carbocycles. The Morgan fingerprint density at radius 1 is 1.62 bits per heavy atom. The summed E-state index contributed by atoms with van der Waals surface area (Å²) in [6.07, 6.45) is 1.01. The Morgan fingerprint density at radius 2 is 2.33 bits per heavy atom. The molecule has 21 heavy (non-hydrogen) atoms. The molecule has 2 heterocycles. The monoisotopic (exact) mass is 333 g/mol. The standard InChI is InChI=1S/C10H15N5O4S2/c1-2-21(18,19)8-6-20-4-3-14(8)9-7(15(16)17)5-12-10(11)13-9/h5,8H,2-4,6H2,1H3,(H2,11,12,13). The molecule has 1 aromatic heterocycles. The molecule has 0 saturated carbocycles. The zero-order valence-corrected chi connectivity index (χ0v) is 12.9. The third kappa shape index (κ3) is 3.18. The maximum Gasteiger partial charge on any atom is 0.329 e. The maximum absolute atomic E-state index is 12.2. The molecule has 1 saturated heterocycles. The Labute approximate surface area is 126 Å². The van der Waals surface area contributed by atoms with Crippen molar-refractivity contribution in [3.63, 3.8) is 0 Å². The highest BCUT2D eigenvalue weighted by Crippen LogP contribution is 2.32. The average molecular weight is 333 g/mol. The van der Waals surface area contributed by atoms with Crippen molar-refractivity contribution in [2.45, 2.75) is 12.3 Å². The van der Waals surface area contributed by atoms with E-state index in [0.29, 0.717) is 18.1 Å². The van der Waals surface area contributed by atoms with Crippen LogP contribution in [0.25, 0.3) is 0 Å². The first kappa shape index (κ1) is 15.8. The third-order valence-corrected chi connectivity index (χ3v) is 6.43. The van der Waals surface area contributed by atoms with E-state index in [9.17, 15) is 18.5 Å². The van der Waals surface area contributed by atoms with E-state index < -0.39 is 20.1 Å². The number of thioether (sulfide) groups is 1. The van der Waals surface area contributed by atoms with Gasteiger partial charge in [0.15, 0.2) is 9.84 Å². The van der Waals surface area contributed by atoms with Crippen molar-refractivity contribution < 1.29 is 13.3 Å². The fraction of sp³-hybridized carbons (Fsp3) is 0.600. The predicted octanol–water partition coefficient (Wildman–Crippen LogP) is 0.281. The van der Waals surface area contributed by atoms with E-state index in [2.05, 4.69) is 9.97 Å². The lowest BCUT2D eigenvalue weighted by Gasteiger charge is -2.35. The number of hydrogen-bond donors (Lipinski definition) is 1. The molecule has 2 rings (SSSR count). The molecule has 0 amide bonds. The van der Waals surface area contributed by atoms with Crippen molar-refractivity contribution in [1.82, 2.24) is 9.97 Å². The van der Waals surface area contributed by atoms with Crippen LogP contribution in [0, 0.1) is 10.1 Å². The van der Waals surface area contributed by atoms with E-state index in [4.69, 9.17) is 5.73 Å². The minimum Gasteiger partial charge on any atom is -0.368 e. The second-order valence-corrected chi connectivity index (χ2v) is 7.97. The molecule has 1 aliphatic rings. The van der Waals surface area contributed by atoms with E-state index in [1.807, 2.05) is 0 Å². The van der Waals surface area contributed by atoms with Crippen LogP contribution >= 0.6 is 11.8 Å². The van der Waals surface area contributed by atoms with E-state index in [1.165, 1.54) is 16.7 Å². The minimum absolute atomic E-state index is 0.0326. The second-order valence-electron chi connectivity index (χ2n) is 4.37. The first-order chi connectivity index (χ1) is 9.86. The highest BCUT2D eigenvalue weighted by atomic mass is 32.2. The van der Waals surface area contributed by atoms with Crippen LogP contribution in [0.1, 0.15) is 6.92 Å². The van der Waals surface area contributed by atoms with Gasteiger partial charge in [-0.3, -0.25) is 10.1 Å². The Bertz CT molecular complexity index is 651. The second kappa shape index (κ2) is 6.02. The molecule has 9 nitrogen and oxygen atoms in total. The summed E-state index contributed by atoms with van der Waals surface area (Å²) >= 11 is 1.50. The van der Waals surface area contributed by atoms with Gasteiger partial charge in [0.1, 0.15) is 11.6 Å². The van der Waals surface area contributed by atoms with E-state index in [-0.39, 0.29) is 23.2 Å². The van der Waals surface area contributed by atoms with Gasteiger partial charge in [0, 0.05) is 23.8 Å². The lowest BCUT2D eigenvalue weighted by Crippen LogP contribution is -2.48. The Balaban J connectivity index is 2.52. The highest BCUT2D eigenvalue weighted by molar-refractivity contribution is 8.01. The number of anilines is 2.